The van der Waals surface area contributed by atoms with Crippen LogP contribution in [0.2, 0.25) is 0 Å². The van der Waals surface area contributed by atoms with Gasteiger partial charge in [-0.15, -0.1) is 0 Å². The van der Waals surface area contributed by atoms with Crippen molar-refractivity contribution in [3.8, 4) is 11.5 Å². The molecule has 0 fully saturated rings. The summed E-state index contributed by atoms with van der Waals surface area (Å²) in [6.07, 6.45) is 0.925. The Morgan fingerprint density at radius 2 is 1.86 bits per heavy atom. The van der Waals surface area contributed by atoms with Crippen LogP contribution >= 0.6 is 15.9 Å². The number of fused-ring (bicyclic) bond motifs is 1. The van der Waals surface area contributed by atoms with Crippen LogP contribution in [0.3, 0.4) is 0 Å². The minimum Gasteiger partial charge on any atom is -0.493 e. The third-order valence-electron chi connectivity index (χ3n) is 3.98. The van der Waals surface area contributed by atoms with Crippen LogP contribution in [0.15, 0.2) is 34.8 Å². The smallest absolute Gasteiger partial charge is 0.161 e. The molecule has 22 heavy (non-hydrogen) atoms. The second kappa shape index (κ2) is 6.26. The maximum Gasteiger partial charge on any atom is 0.161 e. The molecule has 1 aliphatic rings. The van der Waals surface area contributed by atoms with Gasteiger partial charge in [0.05, 0.1) is 24.7 Å². The molecule has 3 rings (SSSR count). The average molecular weight is 366 g/mol. The van der Waals surface area contributed by atoms with Crippen LogP contribution in [0, 0.1) is 5.82 Å². The Bertz CT molecular complexity index is 705. The number of methoxy groups -OCH3 is 2. The summed E-state index contributed by atoms with van der Waals surface area (Å²) < 4.78 is 24.7. The number of hydrogen-bond donors (Lipinski definition) is 1. The minimum atomic E-state index is -0.257. The monoisotopic (exact) mass is 365 g/mol. The van der Waals surface area contributed by atoms with Crippen molar-refractivity contribution in [2.45, 2.75) is 12.5 Å². The van der Waals surface area contributed by atoms with Crippen LogP contribution in [0.1, 0.15) is 22.7 Å². The lowest BCUT2D eigenvalue weighted by Crippen LogP contribution is -2.30. The number of hydrogen-bond acceptors (Lipinski definition) is 3. The van der Waals surface area contributed by atoms with Crippen molar-refractivity contribution in [3.63, 3.8) is 0 Å². The van der Waals surface area contributed by atoms with Gasteiger partial charge in [-0.3, -0.25) is 0 Å². The van der Waals surface area contributed by atoms with Crippen molar-refractivity contribution in [2.24, 2.45) is 0 Å². The first-order valence-electron chi connectivity index (χ1n) is 7.07. The molecule has 1 aliphatic heterocycles. The van der Waals surface area contributed by atoms with Crippen molar-refractivity contribution < 1.29 is 13.9 Å². The van der Waals surface area contributed by atoms with E-state index >= 15 is 0 Å². The highest BCUT2D eigenvalue weighted by Gasteiger charge is 2.24. The van der Waals surface area contributed by atoms with Gasteiger partial charge >= 0.3 is 0 Å². The van der Waals surface area contributed by atoms with Gasteiger partial charge in [0.2, 0.25) is 0 Å². The zero-order chi connectivity index (χ0) is 15.7. The highest BCUT2D eigenvalue weighted by molar-refractivity contribution is 9.10. The number of ether oxygens (including phenoxy) is 2. The lowest BCUT2D eigenvalue weighted by Gasteiger charge is -2.28. The van der Waals surface area contributed by atoms with Gasteiger partial charge in [0.1, 0.15) is 5.82 Å². The molecule has 116 valence electrons. The summed E-state index contributed by atoms with van der Waals surface area (Å²) in [5.41, 5.74) is 3.38. The molecule has 2 aromatic rings. The average Bonchev–Trinajstić information content (AvgIpc) is 2.55. The molecule has 1 atom stereocenters. The van der Waals surface area contributed by atoms with E-state index < -0.39 is 0 Å². The number of nitrogens with one attached hydrogen (secondary N) is 1. The number of rotatable bonds is 3. The predicted octanol–water partition coefficient (Wildman–Crippen LogP) is 3.84. The second-order valence-corrected chi connectivity index (χ2v) is 6.07. The Kier molecular flexibility index (Phi) is 4.36. The highest BCUT2D eigenvalue weighted by atomic mass is 79.9. The molecule has 0 bridgehead atoms. The molecule has 0 aromatic heterocycles. The van der Waals surface area contributed by atoms with Gasteiger partial charge in [-0.05, 0) is 63.3 Å². The van der Waals surface area contributed by atoms with Crippen molar-refractivity contribution >= 4 is 15.9 Å². The molecular weight excluding hydrogens is 349 g/mol. The quantitative estimate of drug-likeness (QED) is 0.896. The van der Waals surface area contributed by atoms with E-state index in [0.717, 1.165) is 29.8 Å². The third kappa shape index (κ3) is 2.71. The molecule has 2 aromatic carbocycles. The second-order valence-electron chi connectivity index (χ2n) is 5.22. The van der Waals surface area contributed by atoms with Gasteiger partial charge in [-0.2, -0.15) is 0 Å². The Labute approximate surface area is 137 Å². The molecule has 1 N–H and O–H groups in total. The first-order chi connectivity index (χ1) is 10.6. The Morgan fingerprint density at radius 1 is 1.14 bits per heavy atom. The maximum absolute atomic E-state index is 13.5. The van der Waals surface area contributed by atoms with Crippen LogP contribution in [-0.4, -0.2) is 20.8 Å². The minimum absolute atomic E-state index is 0.0143. The molecule has 1 unspecified atom stereocenters. The summed E-state index contributed by atoms with van der Waals surface area (Å²) in [5, 5.41) is 3.49. The fourth-order valence-corrected chi connectivity index (χ4v) is 3.27. The summed E-state index contributed by atoms with van der Waals surface area (Å²) in [5.74, 6) is 1.19. The van der Waals surface area contributed by atoms with Crippen molar-refractivity contribution in [3.05, 3.63) is 57.3 Å². The molecule has 0 saturated carbocycles. The van der Waals surface area contributed by atoms with E-state index in [1.165, 1.54) is 11.6 Å². The molecule has 3 nitrogen and oxygen atoms in total. The van der Waals surface area contributed by atoms with Gasteiger partial charge in [0.25, 0.3) is 0 Å². The Balaban J connectivity index is 2.08. The summed E-state index contributed by atoms with van der Waals surface area (Å²) >= 11 is 3.26. The van der Waals surface area contributed by atoms with Crippen LogP contribution in [0.25, 0.3) is 0 Å². The van der Waals surface area contributed by atoms with Gasteiger partial charge < -0.3 is 14.8 Å². The number of benzene rings is 2. The lowest BCUT2D eigenvalue weighted by atomic mass is 9.89. The van der Waals surface area contributed by atoms with Crippen molar-refractivity contribution in [1.29, 1.82) is 0 Å². The van der Waals surface area contributed by atoms with Gasteiger partial charge in [0.15, 0.2) is 11.5 Å². The normalized spacial score (nSPS) is 17.0. The Hall–Kier alpha value is -1.59. The fraction of sp³-hybridized carbons (Fsp3) is 0.294. The summed E-state index contributed by atoms with van der Waals surface area (Å²) in [4.78, 5) is 0. The van der Waals surface area contributed by atoms with E-state index in [2.05, 4.69) is 21.2 Å². The van der Waals surface area contributed by atoms with E-state index in [1.54, 1.807) is 14.2 Å². The van der Waals surface area contributed by atoms with Crippen LogP contribution in [0.4, 0.5) is 4.39 Å². The van der Waals surface area contributed by atoms with Gasteiger partial charge in [-0.25, -0.2) is 4.39 Å². The largest absolute Gasteiger partial charge is 0.493 e. The van der Waals surface area contributed by atoms with Crippen LogP contribution < -0.4 is 14.8 Å². The summed E-state index contributed by atoms with van der Waals surface area (Å²) in [6, 6.07) is 9.15. The zero-order valence-corrected chi connectivity index (χ0v) is 14.0. The molecule has 0 aliphatic carbocycles. The van der Waals surface area contributed by atoms with Crippen LogP contribution in [0.5, 0.6) is 11.5 Å². The van der Waals surface area contributed by atoms with E-state index in [9.17, 15) is 4.39 Å². The molecule has 0 saturated heterocycles. The molecule has 5 heteroatoms. The Morgan fingerprint density at radius 3 is 2.55 bits per heavy atom. The number of halogens is 2. The van der Waals surface area contributed by atoms with Crippen molar-refractivity contribution in [2.75, 3.05) is 20.8 Å². The van der Waals surface area contributed by atoms with E-state index in [-0.39, 0.29) is 11.9 Å². The standard InChI is InChI=1S/C17H17BrFNO2/c1-21-15-8-10-5-6-20-17(12(10)9-16(15)22-2)11-3-4-14(19)13(18)7-11/h3-4,7-9,17,20H,5-6H2,1-2H3. The third-order valence-corrected chi connectivity index (χ3v) is 4.58. The highest BCUT2D eigenvalue weighted by Crippen LogP contribution is 2.37. The molecule has 0 spiro atoms. The predicted molar refractivity (Wildman–Crippen MR) is 87.2 cm³/mol. The molecule has 1 heterocycles. The SMILES string of the molecule is COc1cc2c(cc1OC)C(c1ccc(F)c(Br)c1)NCC2. The molecule has 0 radical (unpaired) electrons. The zero-order valence-electron chi connectivity index (χ0n) is 12.5. The van der Waals surface area contributed by atoms with E-state index in [0.29, 0.717) is 10.2 Å². The first-order valence-corrected chi connectivity index (χ1v) is 7.86. The fourth-order valence-electron chi connectivity index (χ4n) is 2.87. The van der Waals surface area contributed by atoms with E-state index in [1.807, 2.05) is 24.3 Å². The lowest BCUT2D eigenvalue weighted by molar-refractivity contribution is 0.353. The summed E-state index contributed by atoms with van der Waals surface area (Å²) in [6.45, 7) is 0.863. The van der Waals surface area contributed by atoms with Crippen molar-refractivity contribution in [1.82, 2.24) is 5.32 Å². The molecule has 0 amide bonds. The topological polar surface area (TPSA) is 30.5 Å². The molecular formula is C17H17BrFNO2. The summed E-state index contributed by atoms with van der Waals surface area (Å²) in [7, 11) is 3.27. The maximum atomic E-state index is 13.5. The van der Waals surface area contributed by atoms with Gasteiger partial charge in [-0.1, -0.05) is 6.07 Å². The first kappa shape index (κ1) is 15.3. The van der Waals surface area contributed by atoms with Gasteiger partial charge in [0, 0.05) is 6.54 Å². The van der Waals surface area contributed by atoms with Crippen LogP contribution in [-0.2, 0) is 6.42 Å². The van der Waals surface area contributed by atoms with E-state index in [4.69, 9.17) is 9.47 Å².